The molecule has 124 valence electrons. The van der Waals surface area contributed by atoms with Crippen LogP contribution in [0.25, 0.3) is 0 Å². The van der Waals surface area contributed by atoms with E-state index >= 15 is 0 Å². The Morgan fingerprint density at radius 3 is 2.68 bits per heavy atom. The first-order chi connectivity index (χ1) is 10.3. The van der Waals surface area contributed by atoms with E-state index in [4.69, 9.17) is 11.6 Å². The molecule has 0 saturated carbocycles. The van der Waals surface area contributed by atoms with Crippen LogP contribution < -0.4 is 15.4 Å². The van der Waals surface area contributed by atoms with Crippen LogP contribution in [0, 0.1) is 5.92 Å². The van der Waals surface area contributed by atoms with E-state index in [0.717, 1.165) is 0 Å². The number of benzene rings is 1. The van der Waals surface area contributed by atoms with Gasteiger partial charge in [-0.2, -0.15) is 8.78 Å². The van der Waals surface area contributed by atoms with Crippen LogP contribution in [0.1, 0.15) is 20.3 Å². The van der Waals surface area contributed by atoms with Gasteiger partial charge >= 0.3 is 12.6 Å². The normalized spacial score (nSPS) is 12.4. The summed E-state index contributed by atoms with van der Waals surface area (Å²) < 4.78 is 28.6. The Morgan fingerprint density at radius 1 is 1.41 bits per heavy atom. The smallest absolute Gasteiger partial charge is 0.387 e. The predicted molar refractivity (Wildman–Crippen MR) is 80.6 cm³/mol. The number of carbonyl (C=O) groups excluding carboxylic acids is 1. The topological polar surface area (TPSA) is 70.6 Å². The second-order valence-corrected chi connectivity index (χ2v) is 5.55. The molecule has 5 nitrogen and oxygen atoms in total. The van der Waals surface area contributed by atoms with Gasteiger partial charge in [-0.15, -0.1) is 0 Å². The minimum Gasteiger partial charge on any atom is -0.433 e. The second kappa shape index (κ2) is 8.75. The van der Waals surface area contributed by atoms with Gasteiger partial charge in [0.05, 0.1) is 11.1 Å². The predicted octanol–water partition coefficient (Wildman–Crippen LogP) is 3.47. The van der Waals surface area contributed by atoms with Gasteiger partial charge < -0.3 is 20.5 Å². The maximum Gasteiger partial charge on any atom is 0.387 e. The van der Waals surface area contributed by atoms with Gasteiger partial charge in [0, 0.05) is 18.3 Å². The van der Waals surface area contributed by atoms with Crippen LogP contribution in [-0.2, 0) is 0 Å². The number of amides is 2. The number of carbonyl (C=O) groups is 1. The van der Waals surface area contributed by atoms with Crippen LogP contribution in [0.3, 0.4) is 0 Å². The zero-order valence-electron chi connectivity index (χ0n) is 12.3. The first-order valence-corrected chi connectivity index (χ1v) is 7.13. The first-order valence-electron chi connectivity index (χ1n) is 6.75. The summed E-state index contributed by atoms with van der Waals surface area (Å²) >= 11 is 5.71. The molecule has 0 aliphatic rings. The number of hydrogen-bond acceptors (Lipinski definition) is 3. The van der Waals surface area contributed by atoms with Gasteiger partial charge in [0.25, 0.3) is 0 Å². The summed E-state index contributed by atoms with van der Waals surface area (Å²) in [5.41, 5.74) is 0.246. The molecule has 0 aliphatic carbocycles. The maximum absolute atomic E-state index is 12.2. The Balaban J connectivity index is 2.54. The van der Waals surface area contributed by atoms with E-state index in [1.54, 1.807) is 0 Å². The molecule has 0 spiro atoms. The SMILES string of the molecule is CC(C)CC(O)CNC(=O)Nc1ccc(Cl)c(OC(F)F)c1. The van der Waals surface area contributed by atoms with Crippen molar-refractivity contribution in [2.75, 3.05) is 11.9 Å². The molecule has 1 unspecified atom stereocenters. The molecule has 0 aliphatic heterocycles. The summed E-state index contributed by atoms with van der Waals surface area (Å²) in [6, 6.07) is 3.42. The third-order valence-electron chi connectivity index (χ3n) is 2.65. The van der Waals surface area contributed by atoms with Crippen molar-refractivity contribution in [3.63, 3.8) is 0 Å². The Hall–Kier alpha value is -1.60. The highest BCUT2D eigenvalue weighted by Gasteiger charge is 2.12. The molecule has 1 atom stereocenters. The lowest BCUT2D eigenvalue weighted by Crippen LogP contribution is -2.35. The zero-order valence-corrected chi connectivity index (χ0v) is 13.0. The van der Waals surface area contributed by atoms with Gasteiger partial charge in [-0.3, -0.25) is 0 Å². The second-order valence-electron chi connectivity index (χ2n) is 5.14. The van der Waals surface area contributed by atoms with Gasteiger partial charge in [0.2, 0.25) is 0 Å². The minimum absolute atomic E-state index is 0.0126. The van der Waals surface area contributed by atoms with Crippen LogP contribution in [0.15, 0.2) is 18.2 Å². The number of urea groups is 1. The average molecular weight is 337 g/mol. The van der Waals surface area contributed by atoms with Gasteiger partial charge in [-0.1, -0.05) is 25.4 Å². The highest BCUT2D eigenvalue weighted by molar-refractivity contribution is 6.32. The Morgan fingerprint density at radius 2 is 2.09 bits per heavy atom. The Labute approximate surface area is 132 Å². The highest BCUT2D eigenvalue weighted by Crippen LogP contribution is 2.29. The molecule has 3 N–H and O–H groups in total. The molecular formula is C14H19ClF2N2O3. The van der Waals surface area contributed by atoms with E-state index in [9.17, 15) is 18.7 Å². The molecule has 0 aromatic heterocycles. The van der Waals surface area contributed by atoms with Crippen LogP contribution >= 0.6 is 11.6 Å². The van der Waals surface area contributed by atoms with Crippen molar-refractivity contribution in [1.29, 1.82) is 0 Å². The molecule has 1 aromatic rings. The minimum atomic E-state index is -3.01. The van der Waals surface area contributed by atoms with Gasteiger partial charge in [0.1, 0.15) is 5.75 Å². The third kappa shape index (κ3) is 6.91. The van der Waals surface area contributed by atoms with E-state index < -0.39 is 18.7 Å². The Kier molecular flexibility index (Phi) is 7.34. The fraction of sp³-hybridized carbons (Fsp3) is 0.500. The number of hydrogen-bond donors (Lipinski definition) is 3. The summed E-state index contributed by atoms with van der Waals surface area (Å²) in [5.74, 6) is 0.0829. The van der Waals surface area contributed by atoms with Crippen molar-refractivity contribution in [2.24, 2.45) is 5.92 Å². The van der Waals surface area contributed by atoms with Crippen molar-refractivity contribution in [3.05, 3.63) is 23.2 Å². The van der Waals surface area contributed by atoms with Crippen molar-refractivity contribution in [1.82, 2.24) is 5.32 Å². The standard InChI is InChI=1S/C14H19ClF2N2O3/c1-8(2)5-10(20)7-18-14(21)19-9-3-4-11(15)12(6-9)22-13(16)17/h3-4,6,8,10,13,20H,5,7H2,1-2H3,(H2,18,19,21). The van der Waals surface area contributed by atoms with Gasteiger partial charge in [-0.05, 0) is 24.5 Å². The zero-order chi connectivity index (χ0) is 16.7. The Bertz CT molecular complexity index is 501. The average Bonchev–Trinajstić information content (AvgIpc) is 2.39. The molecule has 0 saturated heterocycles. The van der Waals surface area contributed by atoms with E-state index in [1.807, 2.05) is 13.8 Å². The molecule has 1 rings (SSSR count). The fourth-order valence-electron chi connectivity index (χ4n) is 1.78. The van der Waals surface area contributed by atoms with E-state index in [1.165, 1.54) is 18.2 Å². The number of aliphatic hydroxyl groups excluding tert-OH is 1. The van der Waals surface area contributed by atoms with Crippen LogP contribution in [0.5, 0.6) is 5.75 Å². The third-order valence-corrected chi connectivity index (χ3v) is 2.96. The van der Waals surface area contributed by atoms with E-state index in [0.29, 0.717) is 12.3 Å². The number of aliphatic hydroxyl groups is 1. The highest BCUT2D eigenvalue weighted by atomic mass is 35.5. The van der Waals surface area contributed by atoms with Gasteiger partial charge in [0.15, 0.2) is 0 Å². The summed E-state index contributed by atoms with van der Waals surface area (Å²) in [6.07, 6.45) is -0.0816. The van der Waals surface area contributed by atoms with Crippen LogP contribution in [-0.4, -0.2) is 30.4 Å². The monoisotopic (exact) mass is 336 g/mol. The lowest BCUT2D eigenvalue weighted by Gasteiger charge is -2.15. The van der Waals surface area contributed by atoms with Crippen LogP contribution in [0.4, 0.5) is 19.3 Å². The molecule has 0 bridgehead atoms. The molecule has 22 heavy (non-hydrogen) atoms. The fourth-order valence-corrected chi connectivity index (χ4v) is 1.94. The molecule has 8 heteroatoms. The van der Waals surface area contributed by atoms with E-state index in [-0.39, 0.29) is 23.0 Å². The largest absolute Gasteiger partial charge is 0.433 e. The summed E-state index contributed by atoms with van der Waals surface area (Å²) in [4.78, 5) is 11.7. The molecule has 0 fully saturated rings. The number of ether oxygens (including phenoxy) is 1. The summed E-state index contributed by atoms with van der Waals surface area (Å²) in [6.45, 7) is 1.01. The number of rotatable bonds is 7. The first kappa shape index (κ1) is 18.4. The molecule has 0 heterocycles. The van der Waals surface area contributed by atoms with Crippen molar-refractivity contribution in [3.8, 4) is 5.75 Å². The summed E-state index contributed by atoms with van der Waals surface area (Å²) in [5, 5.41) is 14.6. The number of nitrogens with one attached hydrogen (secondary N) is 2. The molecule has 1 aromatic carbocycles. The van der Waals surface area contributed by atoms with Crippen LogP contribution in [0.2, 0.25) is 5.02 Å². The quantitative estimate of drug-likeness (QED) is 0.714. The number of anilines is 1. The van der Waals surface area contributed by atoms with Crippen molar-refractivity contribution in [2.45, 2.75) is 33.0 Å². The lowest BCUT2D eigenvalue weighted by atomic mass is 10.1. The molecule has 2 amide bonds. The number of alkyl halides is 2. The summed E-state index contributed by atoms with van der Waals surface area (Å²) in [7, 11) is 0. The van der Waals surface area contributed by atoms with Gasteiger partial charge in [-0.25, -0.2) is 4.79 Å². The molecular weight excluding hydrogens is 318 g/mol. The molecule has 0 radical (unpaired) electrons. The maximum atomic E-state index is 12.2. The van der Waals surface area contributed by atoms with Crippen molar-refractivity contribution >= 4 is 23.3 Å². The van der Waals surface area contributed by atoms with E-state index in [2.05, 4.69) is 15.4 Å². The van der Waals surface area contributed by atoms with Crippen molar-refractivity contribution < 1.29 is 23.4 Å². The lowest BCUT2D eigenvalue weighted by molar-refractivity contribution is -0.0497. The number of halogens is 3.